The van der Waals surface area contributed by atoms with E-state index < -0.39 is 0 Å². The van der Waals surface area contributed by atoms with Crippen LogP contribution in [0.2, 0.25) is 0 Å². The number of fused-ring (bicyclic) bond motifs is 1. The summed E-state index contributed by atoms with van der Waals surface area (Å²) in [6.45, 7) is 0. The summed E-state index contributed by atoms with van der Waals surface area (Å²) in [6.07, 6.45) is 4.40. The van der Waals surface area contributed by atoms with Crippen LogP contribution in [0, 0.1) is 0 Å². The molecule has 2 aromatic rings. The molecule has 102 valence electrons. The van der Waals surface area contributed by atoms with Gasteiger partial charge >= 0.3 is 0 Å². The van der Waals surface area contributed by atoms with Gasteiger partial charge in [0.25, 0.3) is 0 Å². The summed E-state index contributed by atoms with van der Waals surface area (Å²) < 4.78 is 1.01. The number of aryl methyl sites for hydroxylation is 1. The Hall–Kier alpha value is -1.68. The summed E-state index contributed by atoms with van der Waals surface area (Å²) >= 11 is 3.39. The first-order valence-electron chi connectivity index (χ1n) is 6.75. The van der Waals surface area contributed by atoms with Gasteiger partial charge in [-0.25, -0.2) is 0 Å². The van der Waals surface area contributed by atoms with Crippen LogP contribution in [0.1, 0.15) is 24.0 Å². The van der Waals surface area contributed by atoms with Crippen LogP contribution in [0.4, 0.5) is 11.4 Å². The van der Waals surface area contributed by atoms with Crippen molar-refractivity contribution in [2.24, 2.45) is 10.2 Å². The van der Waals surface area contributed by atoms with Crippen molar-refractivity contribution in [3.63, 3.8) is 0 Å². The van der Waals surface area contributed by atoms with E-state index in [0.29, 0.717) is 5.69 Å². The number of rotatable bonds is 2. The molecule has 0 amide bonds. The molecule has 0 aliphatic heterocycles. The molecule has 2 aromatic carbocycles. The van der Waals surface area contributed by atoms with Crippen molar-refractivity contribution in [3.8, 4) is 5.75 Å². The monoisotopic (exact) mass is 330 g/mol. The second kappa shape index (κ2) is 5.75. The quantitative estimate of drug-likeness (QED) is 0.731. The van der Waals surface area contributed by atoms with E-state index in [1.54, 1.807) is 6.07 Å². The first-order valence-corrected chi connectivity index (χ1v) is 7.54. The molecule has 0 spiro atoms. The molecule has 0 bridgehead atoms. The van der Waals surface area contributed by atoms with E-state index in [1.165, 1.54) is 12.0 Å². The second-order valence-electron chi connectivity index (χ2n) is 4.95. The molecule has 20 heavy (non-hydrogen) atoms. The molecule has 0 aromatic heterocycles. The Labute approximate surface area is 126 Å². The van der Waals surface area contributed by atoms with Crippen molar-refractivity contribution >= 4 is 27.3 Å². The summed E-state index contributed by atoms with van der Waals surface area (Å²) in [6, 6.07) is 11.4. The van der Waals surface area contributed by atoms with Crippen molar-refractivity contribution in [2.75, 3.05) is 0 Å². The molecule has 3 rings (SSSR count). The minimum atomic E-state index is 0.214. The predicted molar refractivity (Wildman–Crippen MR) is 83.1 cm³/mol. The van der Waals surface area contributed by atoms with Crippen LogP contribution >= 0.6 is 15.9 Å². The van der Waals surface area contributed by atoms with Crippen molar-refractivity contribution in [3.05, 3.63) is 52.0 Å². The molecular formula is C16H15BrN2O. The van der Waals surface area contributed by atoms with E-state index >= 15 is 0 Å². The van der Waals surface area contributed by atoms with E-state index in [1.807, 2.05) is 30.3 Å². The lowest BCUT2D eigenvalue weighted by atomic mass is 9.90. The van der Waals surface area contributed by atoms with Gasteiger partial charge in [-0.2, -0.15) is 5.11 Å². The number of phenolic OH excluding ortho intramolecular Hbond substituents is 1. The van der Waals surface area contributed by atoms with Crippen molar-refractivity contribution in [1.29, 1.82) is 0 Å². The van der Waals surface area contributed by atoms with Gasteiger partial charge in [-0.05, 0) is 67.1 Å². The number of aromatic hydroxyl groups is 1. The normalized spacial score (nSPS) is 14.4. The molecule has 0 saturated carbocycles. The number of halogens is 1. The summed E-state index contributed by atoms with van der Waals surface area (Å²) in [7, 11) is 0. The topological polar surface area (TPSA) is 45.0 Å². The maximum absolute atomic E-state index is 10.0. The second-order valence-corrected chi connectivity index (χ2v) is 5.87. The Morgan fingerprint density at radius 3 is 2.45 bits per heavy atom. The van der Waals surface area contributed by atoms with E-state index in [4.69, 9.17) is 0 Å². The Kier molecular flexibility index (Phi) is 3.83. The van der Waals surface area contributed by atoms with Gasteiger partial charge in [-0.15, -0.1) is 5.11 Å². The zero-order valence-corrected chi connectivity index (χ0v) is 12.6. The molecule has 0 atom stereocenters. The number of hydrogen-bond donors (Lipinski definition) is 1. The maximum Gasteiger partial charge on any atom is 0.143 e. The molecule has 0 unspecified atom stereocenters. The Morgan fingerprint density at radius 1 is 0.900 bits per heavy atom. The number of phenols is 1. The predicted octanol–water partition coefficient (Wildman–Crippen LogP) is 5.45. The van der Waals surface area contributed by atoms with Crippen LogP contribution in [0.15, 0.2) is 51.1 Å². The number of azo groups is 1. The summed E-state index contributed by atoms with van der Waals surface area (Å²) in [5.41, 5.74) is 3.85. The maximum atomic E-state index is 10.0. The van der Waals surface area contributed by atoms with Gasteiger partial charge in [0.1, 0.15) is 11.4 Å². The van der Waals surface area contributed by atoms with Crippen LogP contribution in [-0.4, -0.2) is 5.11 Å². The third-order valence-electron chi connectivity index (χ3n) is 3.57. The fourth-order valence-corrected chi connectivity index (χ4v) is 2.79. The highest BCUT2D eigenvalue weighted by Crippen LogP contribution is 2.37. The molecule has 4 heteroatoms. The van der Waals surface area contributed by atoms with Gasteiger partial charge in [-0.1, -0.05) is 22.0 Å². The average molecular weight is 331 g/mol. The van der Waals surface area contributed by atoms with Gasteiger partial charge in [-0.3, -0.25) is 0 Å². The van der Waals surface area contributed by atoms with Gasteiger partial charge < -0.3 is 5.11 Å². The van der Waals surface area contributed by atoms with Crippen molar-refractivity contribution in [1.82, 2.24) is 0 Å². The minimum Gasteiger partial charge on any atom is -0.506 e. The van der Waals surface area contributed by atoms with Crippen LogP contribution in [0.25, 0.3) is 0 Å². The van der Waals surface area contributed by atoms with E-state index in [-0.39, 0.29) is 5.75 Å². The Bertz CT molecular complexity index is 650. The third kappa shape index (κ3) is 2.75. The lowest BCUT2D eigenvalue weighted by Crippen LogP contribution is -2.02. The lowest BCUT2D eigenvalue weighted by Gasteiger charge is -2.17. The number of hydrogen-bond acceptors (Lipinski definition) is 3. The first kappa shape index (κ1) is 13.3. The standard InChI is InChI=1S/C16H15BrN2O/c17-12-6-8-13(9-7-12)18-19-16-14-4-2-1-3-11(14)5-10-15(16)20/h5-10,20H,1-4H2. The largest absolute Gasteiger partial charge is 0.506 e. The minimum absolute atomic E-state index is 0.214. The molecule has 0 fully saturated rings. The summed E-state index contributed by atoms with van der Waals surface area (Å²) in [5.74, 6) is 0.214. The average Bonchev–Trinajstić information content (AvgIpc) is 2.48. The Morgan fingerprint density at radius 2 is 1.65 bits per heavy atom. The van der Waals surface area contributed by atoms with Crippen LogP contribution < -0.4 is 0 Å². The van der Waals surface area contributed by atoms with Crippen molar-refractivity contribution in [2.45, 2.75) is 25.7 Å². The molecule has 1 aliphatic carbocycles. The highest BCUT2D eigenvalue weighted by Gasteiger charge is 2.16. The highest BCUT2D eigenvalue weighted by atomic mass is 79.9. The molecule has 0 saturated heterocycles. The van der Waals surface area contributed by atoms with E-state index in [2.05, 4.69) is 26.2 Å². The van der Waals surface area contributed by atoms with Crippen LogP contribution in [0.3, 0.4) is 0 Å². The molecule has 3 nitrogen and oxygen atoms in total. The summed E-state index contributed by atoms with van der Waals surface area (Å²) in [4.78, 5) is 0. The molecule has 0 heterocycles. The zero-order chi connectivity index (χ0) is 13.9. The molecule has 1 N–H and O–H groups in total. The number of nitrogens with zero attached hydrogens (tertiary/aromatic N) is 2. The fourth-order valence-electron chi connectivity index (χ4n) is 2.52. The van der Waals surface area contributed by atoms with Gasteiger partial charge in [0.15, 0.2) is 0 Å². The molecule has 1 aliphatic rings. The molecule has 0 radical (unpaired) electrons. The summed E-state index contributed by atoms with van der Waals surface area (Å²) in [5, 5.41) is 18.5. The fraction of sp³-hybridized carbons (Fsp3) is 0.250. The van der Waals surface area contributed by atoms with Gasteiger partial charge in [0, 0.05) is 4.47 Å². The van der Waals surface area contributed by atoms with Gasteiger partial charge in [0.05, 0.1) is 5.69 Å². The lowest BCUT2D eigenvalue weighted by molar-refractivity contribution is 0.474. The number of benzene rings is 2. The third-order valence-corrected chi connectivity index (χ3v) is 4.10. The van der Waals surface area contributed by atoms with Crippen LogP contribution in [0.5, 0.6) is 5.75 Å². The SMILES string of the molecule is Oc1ccc2c(c1N=Nc1ccc(Br)cc1)CCCC2. The smallest absolute Gasteiger partial charge is 0.143 e. The first-order chi connectivity index (χ1) is 9.74. The van der Waals surface area contributed by atoms with E-state index in [9.17, 15) is 5.11 Å². The highest BCUT2D eigenvalue weighted by molar-refractivity contribution is 9.10. The van der Waals surface area contributed by atoms with Crippen LogP contribution in [-0.2, 0) is 12.8 Å². The molecular weight excluding hydrogens is 316 g/mol. The Balaban J connectivity index is 1.95. The van der Waals surface area contributed by atoms with Gasteiger partial charge in [0.2, 0.25) is 0 Å². The van der Waals surface area contributed by atoms with Crippen molar-refractivity contribution < 1.29 is 5.11 Å². The van der Waals surface area contributed by atoms with E-state index in [0.717, 1.165) is 35.0 Å². The zero-order valence-electron chi connectivity index (χ0n) is 11.0.